The highest BCUT2D eigenvalue weighted by molar-refractivity contribution is 5.93. The molecule has 5 heteroatoms. The predicted molar refractivity (Wildman–Crippen MR) is 72.5 cm³/mol. The number of aliphatic hydroxyl groups excluding tert-OH is 1. The monoisotopic (exact) mass is 253 g/mol. The highest BCUT2D eigenvalue weighted by atomic mass is 16.3. The Morgan fingerprint density at radius 2 is 2.22 bits per heavy atom. The average Bonchev–Trinajstić information content (AvgIpc) is 2.71. The summed E-state index contributed by atoms with van der Waals surface area (Å²) >= 11 is 0. The van der Waals surface area contributed by atoms with Gasteiger partial charge in [-0.15, -0.1) is 0 Å². The molecule has 0 spiro atoms. The van der Waals surface area contributed by atoms with Gasteiger partial charge in [-0.05, 0) is 32.8 Å². The van der Waals surface area contributed by atoms with E-state index in [0.29, 0.717) is 30.8 Å². The molecule has 0 aliphatic rings. The van der Waals surface area contributed by atoms with Crippen molar-refractivity contribution < 1.29 is 9.90 Å². The Labute approximate surface area is 108 Å². The molecule has 0 bridgehead atoms. The molecule has 1 aromatic rings. The van der Waals surface area contributed by atoms with E-state index in [-0.39, 0.29) is 18.1 Å². The molecule has 5 nitrogen and oxygen atoms in total. The first kappa shape index (κ1) is 14.6. The number of hydrogen-bond acceptors (Lipinski definition) is 3. The second-order valence-corrected chi connectivity index (χ2v) is 4.77. The summed E-state index contributed by atoms with van der Waals surface area (Å²) in [5, 5.41) is 12.2. The molecule has 0 aromatic carbocycles. The molecule has 0 aliphatic heterocycles. The average molecular weight is 253 g/mol. The largest absolute Gasteiger partial charge is 0.397 e. The van der Waals surface area contributed by atoms with Gasteiger partial charge in [0.2, 0.25) is 0 Å². The molecule has 1 heterocycles. The Hall–Kier alpha value is -1.49. The summed E-state index contributed by atoms with van der Waals surface area (Å²) in [7, 11) is 0. The molecule has 1 atom stereocenters. The third kappa shape index (κ3) is 3.77. The van der Waals surface area contributed by atoms with E-state index >= 15 is 0 Å². The van der Waals surface area contributed by atoms with Crippen molar-refractivity contribution in [2.75, 3.05) is 12.3 Å². The minimum absolute atomic E-state index is 0.149. The molecule has 1 aromatic heterocycles. The van der Waals surface area contributed by atoms with Crippen LogP contribution in [0.1, 0.15) is 50.1 Å². The van der Waals surface area contributed by atoms with E-state index in [1.54, 1.807) is 12.3 Å². The van der Waals surface area contributed by atoms with Crippen molar-refractivity contribution >= 4 is 11.6 Å². The maximum atomic E-state index is 12.0. The van der Waals surface area contributed by atoms with Crippen molar-refractivity contribution in [3.8, 4) is 0 Å². The second-order valence-electron chi connectivity index (χ2n) is 4.77. The fraction of sp³-hybridized carbons (Fsp3) is 0.615. The molecule has 1 unspecified atom stereocenters. The lowest BCUT2D eigenvalue weighted by Gasteiger charge is -2.13. The van der Waals surface area contributed by atoms with Crippen LogP contribution in [-0.2, 0) is 0 Å². The summed E-state index contributed by atoms with van der Waals surface area (Å²) in [5.74, 6) is -0.149. The van der Waals surface area contributed by atoms with E-state index < -0.39 is 0 Å². The Kier molecular flexibility index (Phi) is 5.22. The number of hydrogen-bond donors (Lipinski definition) is 3. The van der Waals surface area contributed by atoms with E-state index in [2.05, 4.69) is 5.32 Å². The lowest BCUT2D eigenvalue weighted by Crippen LogP contribution is -2.29. The number of nitrogen functional groups attached to an aromatic ring is 1. The molecular weight excluding hydrogens is 230 g/mol. The summed E-state index contributed by atoms with van der Waals surface area (Å²) in [6, 6.07) is 1.86. The van der Waals surface area contributed by atoms with Gasteiger partial charge in [-0.1, -0.05) is 6.92 Å². The van der Waals surface area contributed by atoms with Crippen LogP contribution in [0.2, 0.25) is 0 Å². The minimum atomic E-state index is -0.354. The molecule has 0 aliphatic carbocycles. The SMILES string of the molecule is CCC(O)CCNC(=O)c1cc(N)cn1C(C)C. The summed E-state index contributed by atoms with van der Waals surface area (Å²) in [6.07, 6.45) is 2.68. The molecule has 0 saturated carbocycles. The van der Waals surface area contributed by atoms with Crippen LogP contribution in [-0.4, -0.2) is 28.2 Å². The van der Waals surface area contributed by atoms with Crippen molar-refractivity contribution in [3.05, 3.63) is 18.0 Å². The van der Waals surface area contributed by atoms with E-state index in [0.717, 1.165) is 0 Å². The zero-order valence-electron chi connectivity index (χ0n) is 11.3. The highest BCUT2D eigenvalue weighted by Crippen LogP contribution is 2.16. The summed E-state index contributed by atoms with van der Waals surface area (Å²) in [5.41, 5.74) is 6.86. The Morgan fingerprint density at radius 1 is 1.56 bits per heavy atom. The molecule has 0 saturated heterocycles. The Bertz CT molecular complexity index is 399. The summed E-state index contributed by atoms with van der Waals surface area (Å²) in [6.45, 7) is 6.38. The van der Waals surface area contributed by atoms with Crippen molar-refractivity contribution in [2.24, 2.45) is 0 Å². The highest BCUT2D eigenvalue weighted by Gasteiger charge is 2.14. The molecule has 0 radical (unpaired) electrons. The van der Waals surface area contributed by atoms with Crippen molar-refractivity contribution in [2.45, 2.75) is 45.8 Å². The van der Waals surface area contributed by atoms with Crippen LogP contribution < -0.4 is 11.1 Å². The molecule has 0 fully saturated rings. The maximum Gasteiger partial charge on any atom is 0.267 e. The van der Waals surface area contributed by atoms with Crippen LogP contribution in [0.25, 0.3) is 0 Å². The number of aromatic nitrogens is 1. The van der Waals surface area contributed by atoms with Gasteiger partial charge < -0.3 is 20.7 Å². The van der Waals surface area contributed by atoms with Gasteiger partial charge in [-0.3, -0.25) is 4.79 Å². The van der Waals surface area contributed by atoms with Gasteiger partial charge in [-0.2, -0.15) is 0 Å². The maximum absolute atomic E-state index is 12.0. The van der Waals surface area contributed by atoms with Gasteiger partial charge in [0, 0.05) is 18.8 Å². The van der Waals surface area contributed by atoms with Gasteiger partial charge in [0.05, 0.1) is 11.8 Å². The number of aliphatic hydroxyl groups is 1. The first-order valence-electron chi connectivity index (χ1n) is 6.39. The first-order chi connectivity index (χ1) is 8.45. The van der Waals surface area contributed by atoms with Crippen LogP contribution in [0.3, 0.4) is 0 Å². The van der Waals surface area contributed by atoms with Crippen molar-refractivity contribution in [1.82, 2.24) is 9.88 Å². The van der Waals surface area contributed by atoms with Gasteiger partial charge >= 0.3 is 0 Å². The molecule has 4 N–H and O–H groups in total. The molecule has 1 rings (SSSR count). The number of anilines is 1. The predicted octanol–water partition coefficient (Wildman–Crippen LogP) is 1.54. The van der Waals surface area contributed by atoms with E-state index in [9.17, 15) is 9.90 Å². The zero-order chi connectivity index (χ0) is 13.7. The lowest BCUT2D eigenvalue weighted by molar-refractivity contribution is 0.0931. The topological polar surface area (TPSA) is 80.3 Å². The number of nitrogens with zero attached hydrogens (tertiary/aromatic N) is 1. The number of amides is 1. The summed E-state index contributed by atoms with van der Waals surface area (Å²) < 4.78 is 1.85. The zero-order valence-corrected chi connectivity index (χ0v) is 11.3. The van der Waals surface area contributed by atoms with E-state index in [4.69, 9.17) is 5.73 Å². The molecule has 102 valence electrons. The standard InChI is InChI=1S/C13H23N3O2/c1-4-11(17)5-6-15-13(18)12-7-10(14)8-16(12)9(2)3/h7-9,11,17H,4-6,14H2,1-3H3,(H,15,18). The van der Waals surface area contributed by atoms with Gasteiger partial charge in [0.15, 0.2) is 0 Å². The van der Waals surface area contributed by atoms with Crippen LogP contribution in [0.5, 0.6) is 0 Å². The molecule has 1 amide bonds. The second kappa shape index (κ2) is 6.44. The Balaban J connectivity index is 2.61. The van der Waals surface area contributed by atoms with Gasteiger partial charge in [0.1, 0.15) is 5.69 Å². The number of nitrogens with two attached hydrogens (primary N) is 1. The smallest absolute Gasteiger partial charge is 0.267 e. The minimum Gasteiger partial charge on any atom is -0.397 e. The lowest BCUT2D eigenvalue weighted by atomic mass is 10.2. The van der Waals surface area contributed by atoms with Crippen molar-refractivity contribution in [1.29, 1.82) is 0 Å². The first-order valence-corrected chi connectivity index (χ1v) is 6.39. The quantitative estimate of drug-likeness (QED) is 0.719. The molecule has 18 heavy (non-hydrogen) atoms. The van der Waals surface area contributed by atoms with Crippen LogP contribution >= 0.6 is 0 Å². The van der Waals surface area contributed by atoms with Gasteiger partial charge in [0.25, 0.3) is 5.91 Å². The number of rotatable bonds is 6. The van der Waals surface area contributed by atoms with Crippen LogP contribution in [0, 0.1) is 0 Å². The normalized spacial score (nSPS) is 12.7. The van der Waals surface area contributed by atoms with Crippen LogP contribution in [0.15, 0.2) is 12.3 Å². The van der Waals surface area contributed by atoms with Gasteiger partial charge in [-0.25, -0.2) is 0 Å². The fourth-order valence-corrected chi connectivity index (χ4v) is 1.76. The summed E-state index contributed by atoms with van der Waals surface area (Å²) in [4.78, 5) is 12.0. The number of carbonyl (C=O) groups excluding carboxylic acids is 1. The number of carbonyl (C=O) groups is 1. The third-order valence-electron chi connectivity index (χ3n) is 2.89. The van der Waals surface area contributed by atoms with E-state index in [1.165, 1.54) is 0 Å². The Morgan fingerprint density at radius 3 is 2.78 bits per heavy atom. The third-order valence-corrected chi connectivity index (χ3v) is 2.89. The van der Waals surface area contributed by atoms with Crippen LogP contribution in [0.4, 0.5) is 5.69 Å². The molecular formula is C13H23N3O2. The van der Waals surface area contributed by atoms with E-state index in [1.807, 2.05) is 25.3 Å². The van der Waals surface area contributed by atoms with Crippen molar-refractivity contribution in [3.63, 3.8) is 0 Å². The number of nitrogens with one attached hydrogen (secondary N) is 1. The fourth-order valence-electron chi connectivity index (χ4n) is 1.76.